The van der Waals surface area contributed by atoms with Crippen molar-refractivity contribution in [2.24, 2.45) is 0 Å². The van der Waals surface area contributed by atoms with E-state index in [2.05, 4.69) is 10.3 Å². The highest BCUT2D eigenvalue weighted by molar-refractivity contribution is 5.91. The number of rotatable bonds is 8. The van der Waals surface area contributed by atoms with Gasteiger partial charge in [0.05, 0.1) is 25.7 Å². The molecule has 0 saturated carbocycles. The van der Waals surface area contributed by atoms with E-state index in [9.17, 15) is 9.18 Å². The third-order valence-corrected chi connectivity index (χ3v) is 4.18. The minimum absolute atomic E-state index is 0.219. The zero-order valence-electron chi connectivity index (χ0n) is 16.3. The zero-order chi connectivity index (χ0) is 20.6. The average molecular weight is 395 g/mol. The van der Waals surface area contributed by atoms with E-state index in [-0.39, 0.29) is 18.3 Å². The highest BCUT2D eigenvalue weighted by Gasteiger charge is 2.07. The lowest BCUT2D eigenvalue weighted by Crippen LogP contribution is -2.20. The van der Waals surface area contributed by atoms with Crippen molar-refractivity contribution in [2.75, 3.05) is 13.7 Å². The van der Waals surface area contributed by atoms with E-state index < -0.39 is 0 Å². The maximum atomic E-state index is 14.3. The molecule has 0 atom stereocenters. The van der Waals surface area contributed by atoms with E-state index in [1.54, 1.807) is 54.4 Å². The fourth-order valence-corrected chi connectivity index (χ4v) is 2.75. The van der Waals surface area contributed by atoms with Gasteiger partial charge in [-0.15, -0.1) is 0 Å². The number of methoxy groups -OCH3 is 1. The van der Waals surface area contributed by atoms with Crippen LogP contribution in [-0.2, 0) is 11.3 Å². The lowest BCUT2D eigenvalue weighted by molar-refractivity contribution is -0.116. The summed E-state index contributed by atoms with van der Waals surface area (Å²) in [4.78, 5) is 16.0. The van der Waals surface area contributed by atoms with Gasteiger partial charge in [-0.3, -0.25) is 4.79 Å². The molecule has 3 rings (SSSR count). The molecular formula is C22H22FN3O3. The van der Waals surface area contributed by atoms with Gasteiger partial charge in [0.15, 0.2) is 11.5 Å². The molecular weight excluding hydrogens is 373 g/mol. The Kier molecular flexibility index (Phi) is 6.63. The molecule has 2 aromatic carbocycles. The molecule has 0 saturated heterocycles. The van der Waals surface area contributed by atoms with Crippen molar-refractivity contribution in [1.82, 2.24) is 14.9 Å². The fraction of sp³-hybridized carbons (Fsp3) is 0.182. The molecule has 0 aliphatic heterocycles. The van der Waals surface area contributed by atoms with Crippen LogP contribution in [0.2, 0.25) is 0 Å². The number of nitrogens with one attached hydrogen (secondary N) is 1. The van der Waals surface area contributed by atoms with Crippen molar-refractivity contribution in [1.29, 1.82) is 0 Å². The summed E-state index contributed by atoms with van der Waals surface area (Å²) in [6.45, 7) is 2.66. The SMILES string of the molecule is CCOc1ccc(/C=C/C(=O)NCc2ccc(-n3ccnc3)c(F)c2)cc1OC. The van der Waals surface area contributed by atoms with Crippen molar-refractivity contribution >= 4 is 12.0 Å². The first-order valence-corrected chi connectivity index (χ1v) is 9.14. The third kappa shape index (κ3) is 5.22. The molecule has 1 N–H and O–H groups in total. The second-order valence-corrected chi connectivity index (χ2v) is 6.15. The normalized spacial score (nSPS) is 10.9. The number of nitrogens with zero attached hydrogens (tertiary/aromatic N) is 2. The number of hydrogen-bond donors (Lipinski definition) is 1. The summed E-state index contributed by atoms with van der Waals surface area (Å²) in [6.07, 6.45) is 7.88. The van der Waals surface area contributed by atoms with Gasteiger partial charge >= 0.3 is 0 Å². The van der Waals surface area contributed by atoms with Crippen molar-refractivity contribution in [3.63, 3.8) is 0 Å². The Balaban J connectivity index is 1.59. The molecule has 0 spiro atoms. The number of amides is 1. The highest BCUT2D eigenvalue weighted by Crippen LogP contribution is 2.28. The molecule has 150 valence electrons. The molecule has 1 heterocycles. The maximum absolute atomic E-state index is 14.3. The predicted octanol–water partition coefficient (Wildman–Crippen LogP) is 3.75. The monoisotopic (exact) mass is 395 g/mol. The van der Waals surface area contributed by atoms with E-state index in [4.69, 9.17) is 9.47 Å². The molecule has 0 aliphatic carbocycles. The molecule has 1 aromatic heterocycles. The summed E-state index contributed by atoms with van der Waals surface area (Å²) < 4.78 is 26.6. The van der Waals surface area contributed by atoms with Crippen LogP contribution in [0.1, 0.15) is 18.1 Å². The van der Waals surface area contributed by atoms with Crippen LogP contribution in [0.15, 0.2) is 61.2 Å². The first kappa shape index (κ1) is 20.1. The Hall–Kier alpha value is -3.61. The van der Waals surface area contributed by atoms with Crippen molar-refractivity contribution in [3.05, 3.63) is 78.1 Å². The minimum Gasteiger partial charge on any atom is -0.493 e. The fourth-order valence-electron chi connectivity index (χ4n) is 2.75. The van der Waals surface area contributed by atoms with Crippen LogP contribution < -0.4 is 14.8 Å². The van der Waals surface area contributed by atoms with Crippen LogP contribution in [0.5, 0.6) is 11.5 Å². The van der Waals surface area contributed by atoms with Gasteiger partial charge in [-0.1, -0.05) is 12.1 Å². The van der Waals surface area contributed by atoms with Crippen molar-refractivity contribution in [2.45, 2.75) is 13.5 Å². The van der Waals surface area contributed by atoms with Gasteiger partial charge < -0.3 is 19.4 Å². The number of imidazole rings is 1. The predicted molar refractivity (Wildman–Crippen MR) is 109 cm³/mol. The standard InChI is InChI=1S/C22H22FN3O3/c1-3-29-20-8-5-16(13-21(20)28-2)6-9-22(27)25-14-17-4-7-19(18(23)12-17)26-11-10-24-15-26/h4-13,15H,3,14H2,1-2H3,(H,25,27)/b9-6+. The second-order valence-electron chi connectivity index (χ2n) is 6.15. The topological polar surface area (TPSA) is 65.4 Å². The first-order valence-electron chi connectivity index (χ1n) is 9.14. The summed E-state index contributed by atoms with van der Waals surface area (Å²) in [6, 6.07) is 10.2. The summed E-state index contributed by atoms with van der Waals surface area (Å²) in [5.41, 5.74) is 1.87. The van der Waals surface area contributed by atoms with E-state index in [0.29, 0.717) is 29.4 Å². The van der Waals surface area contributed by atoms with Gasteiger partial charge in [-0.25, -0.2) is 9.37 Å². The van der Waals surface area contributed by atoms with E-state index in [1.807, 2.05) is 13.0 Å². The van der Waals surface area contributed by atoms with Crippen LogP contribution in [0, 0.1) is 5.82 Å². The Bertz CT molecular complexity index is 1000. The average Bonchev–Trinajstić information content (AvgIpc) is 3.26. The number of carbonyl (C=O) groups is 1. The molecule has 0 aliphatic rings. The van der Waals surface area contributed by atoms with Gasteiger partial charge in [0.2, 0.25) is 5.91 Å². The molecule has 0 fully saturated rings. The Morgan fingerprint density at radius 3 is 2.79 bits per heavy atom. The molecule has 7 heteroatoms. The summed E-state index contributed by atoms with van der Waals surface area (Å²) in [5.74, 6) is 0.587. The van der Waals surface area contributed by atoms with Gasteiger partial charge in [0.25, 0.3) is 0 Å². The Labute approximate surface area is 168 Å². The highest BCUT2D eigenvalue weighted by atomic mass is 19.1. The molecule has 0 radical (unpaired) electrons. The number of benzene rings is 2. The second kappa shape index (κ2) is 9.54. The van der Waals surface area contributed by atoms with E-state index in [0.717, 1.165) is 5.56 Å². The summed E-state index contributed by atoms with van der Waals surface area (Å²) in [7, 11) is 1.56. The van der Waals surface area contributed by atoms with Crippen LogP contribution in [0.4, 0.5) is 4.39 Å². The lowest BCUT2D eigenvalue weighted by atomic mass is 10.1. The quantitative estimate of drug-likeness (QED) is 0.590. The van der Waals surface area contributed by atoms with Crippen LogP contribution >= 0.6 is 0 Å². The third-order valence-electron chi connectivity index (χ3n) is 4.18. The number of ether oxygens (including phenoxy) is 2. The molecule has 6 nitrogen and oxygen atoms in total. The van der Waals surface area contributed by atoms with E-state index in [1.165, 1.54) is 18.5 Å². The van der Waals surface area contributed by atoms with Gasteiger partial charge in [-0.05, 0) is 48.4 Å². The van der Waals surface area contributed by atoms with Crippen molar-refractivity contribution in [3.8, 4) is 17.2 Å². The number of halogens is 1. The molecule has 0 bridgehead atoms. The Morgan fingerprint density at radius 2 is 2.10 bits per heavy atom. The van der Waals surface area contributed by atoms with Gasteiger partial charge in [0.1, 0.15) is 5.82 Å². The molecule has 3 aromatic rings. The van der Waals surface area contributed by atoms with Crippen LogP contribution in [0.3, 0.4) is 0 Å². The van der Waals surface area contributed by atoms with E-state index >= 15 is 0 Å². The molecule has 0 unspecified atom stereocenters. The minimum atomic E-state index is -0.383. The smallest absolute Gasteiger partial charge is 0.244 e. The first-order chi connectivity index (χ1) is 14.1. The molecule has 1 amide bonds. The summed E-state index contributed by atoms with van der Waals surface area (Å²) in [5, 5.41) is 2.74. The lowest BCUT2D eigenvalue weighted by Gasteiger charge is -2.09. The van der Waals surface area contributed by atoms with Gasteiger partial charge in [-0.2, -0.15) is 0 Å². The van der Waals surface area contributed by atoms with Crippen molar-refractivity contribution < 1.29 is 18.7 Å². The number of carbonyl (C=O) groups excluding carboxylic acids is 1. The molecule has 29 heavy (non-hydrogen) atoms. The number of aromatic nitrogens is 2. The maximum Gasteiger partial charge on any atom is 0.244 e. The largest absolute Gasteiger partial charge is 0.493 e. The van der Waals surface area contributed by atoms with Crippen LogP contribution in [-0.4, -0.2) is 29.2 Å². The summed E-state index contributed by atoms with van der Waals surface area (Å²) >= 11 is 0. The Morgan fingerprint density at radius 1 is 1.24 bits per heavy atom. The van der Waals surface area contributed by atoms with Gasteiger partial charge in [0, 0.05) is 25.0 Å². The number of hydrogen-bond acceptors (Lipinski definition) is 4. The zero-order valence-corrected chi connectivity index (χ0v) is 16.3. The van der Waals surface area contributed by atoms with Crippen LogP contribution in [0.25, 0.3) is 11.8 Å².